The van der Waals surface area contributed by atoms with E-state index < -0.39 is 0 Å². The number of hydrogen-bond acceptors (Lipinski definition) is 2. The van der Waals surface area contributed by atoms with Gasteiger partial charge in [-0.15, -0.1) is 0 Å². The van der Waals surface area contributed by atoms with Gasteiger partial charge in [-0.2, -0.15) is 5.10 Å². The molecule has 96 valence electrons. The SMILES string of the molecule is CCc1nc(-n2cccn2)n(-c2ccccc2)c1C. The quantitative estimate of drug-likeness (QED) is 0.718. The van der Waals surface area contributed by atoms with Gasteiger partial charge in [0, 0.05) is 23.8 Å². The van der Waals surface area contributed by atoms with E-state index in [0.717, 1.165) is 23.8 Å². The van der Waals surface area contributed by atoms with Crippen LogP contribution in [0.4, 0.5) is 0 Å². The van der Waals surface area contributed by atoms with Gasteiger partial charge in [-0.1, -0.05) is 25.1 Å². The summed E-state index contributed by atoms with van der Waals surface area (Å²) in [5.74, 6) is 0.838. The molecule has 0 atom stereocenters. The average Bonchev–Trinajstić information content (AvgIpc) is 3.07. The van der Waals surface area contributed by atoms with E-state index in [9.17, 15) is 0 Å². The van der Waals surface area contributed by atoms with Crippen LogP contribution in [0.3, 0.4) is 0 Å². The average molecular weight is 252 g/mol. The van der Waals surface area contributed by atoms with Crippen LogP contribution in [-0.4, -0.2) is 19.3 Å². The van der Waals surface area contributed by atoms with Crippen molar-refractivity contribution in [3.05, 3.63) is 60.2 Å². The van der Waals surface area contributed by atoms with Crippen molar-refractivity contribution in [2.45, 2.75) is 20.3 Å². The Morgan fingerprint density at radius 1 is 1.11 bits per heavy atom. The van der Waals surface area contributed by atoms with Crippen molar-refractivity contribution in [1.29, 1.82) is 0 Å². The third kappa shape index (κ3) is 1.95. The highest BCUT2D eigenvalue weighted by atomic mass is 15.4. The highest BCUT2D eigenvalue weighted by Gasteiger charge is 2.15. The van der Waals surface area contributed by atoms with Crippen LogP contribution < -0.4 is 0 Å². The summed E-state index contributed by atoms with van der Waals surface area (Å²) in [5, 5.41) is 4.29. The predicted octanol–water partition coefficient (Wildman–Crippen LogP) is 2.93. The second-order valence-corrected chi connectivity index (χ2v) is 4.42. The highest BCUT2D eigenvalue weighted by Crippen LogP contribution is 2.20. The van der Waals surface area contributed by atoms with E-state index >= 15 is 0 Å². The van der Waals surface area contributed by atoms with Gasteiger partial charge in [0.2, 0.25) is 5.95 Å². The van der Waals surface area contributed by atoms with Crippen LogP contribution in [-0.2, 0) is 6.42 Å². The predicted molar refractivity (Wildman–Crippen MR) is 74.8 cm³/mol. The lowest BCUT2D eigenvalue weighted by atomic mass is 10.2. The minimum Gasteiger partial charge on any atom is -0.281 e. The molecule has 0 N–H and O–H groups in total. The van der Waals surface area contributed by atoms with Gasteiger partial charge in [0.25, 0.3) is 0 Å². The Hall–Kier alpha value is -2.36. The zero-order valence-corrected chi connectivity index (χ0v) is 11.1. The lowest BCUT2D eigenvalue weighted by Crippen LogP contribution is -2.06. The topological polar surface area (TPSA) is 35.6 Å². The maximum Gasteiger partial charge on any atom is 0.235 e. The number of rotatable bonds is 3. The Morgan fingerprint density at radius 3 is 2.53 bits per heavy atom. The molecule has 1 aromatic carbocycles. The monoisotopic (exact) mass is 252 g/mol. The molecule has 0 unspecified atom stereocenters. The molecule has 0 aliphatic carbocycles. The van der Waals surface area contributed by atoms with Gasteiger partial charge in [-0.25, -0.2) is 9.67 Å². The summed E-state index contributed by atoms with van der Waals surface area (Å²) >= 11 is 0. The summed E-state index contributed by atoms with van der Waals surface area (Å²) in [4.78, 5) is 4.71. The summed E-state index contributed by atoms with van der Waals surface area (Å²) in [6.07, 6.45) is 4.60. The van der Waals surface area contributed by atoms with E-state index in [4.69, 9.17) is 4.98 Å². The van der Waals surface area contributed by atoms with Crippen LogP contribution in [0.5, 0.6) is 0 Å². The van der Waals surface area contributed by atoms with Crippen LogP contribution in [0.25, 0.3) is 11.6 Å². The number of nitrogens with zero attached hydrogens (tertiary/aromatic N) is 4. The van der Waals surface area contributed by atoms with Gasteiger partial charge in [0.1, 0.15) is 0 Å². The normalized spacial score (nSPS) is 10.8. The lowest BCUT2D eigenvalue weighted by molar-refractivity contribution is 0.781. The standard InChI is InChI=1S/C15H16N4/c1-3-14-12(2)19(13-8-5-4-6-9-13)15(17-14)18-11-7-10-16-18/h4-11H,3H2,1-2H3. The van der Waals surface area contributed by atoms with E-state index in [1.165, 1.54) is 5.69 Å². The number of benzene rings is 1. The first kappa shape index (κ1) is 11.7. The molecule has 0 bridgehead atoms. The number of aryl methyl sites for hydroxylation is 1. The summed E-state index contributed by atoms with van der Waals surface area (Å²) in [6.45, 7) is 4.23. The van der Waals surface area contributed by atoms with Gasteiger partial charge in [-0.05, 0) is 31.5 Å². The van der Waals surface area contributed by atoms with Crippen molar-refractivity contribution in [1.82, 2.24) is 19.3 Å². The first-order chi connectivity index (χ1) is 9.31. The fourth-order valence-electron chi connectivity index (χ4n) is 2.29. The van der Waals surface area contributed by atoms with Gasteiger partial charge >= 0.3 is 0 Å². The lowest BCUT2D eigenvalue weighted by Gasteiger charge is -2.09. The molecule has 0 amide bonds. The summed E-state index contributed by atoms with van der Waals surface area (Å²) in [7, 11) is 0. The van der Waals surface area contributed by atoms with Crippen LogP contribution in [0.1, 0.15) is 18.3 Å². The minimum absolute atomic E-state index is 0.838. The minimum atomic E-state index is 0.838. The first-order valence-electron chi connectivity index (χ1n) is 6.45. The van der Waals surface area contributed by atoms with Crippen molar-refractivity contribution in [3.63, 3.8) is 0 Å². The molecule has 0 spiro atoms. The van der Waals surface area contributed by atoms with Gasteiger partial charge in [0.15, 0.2) is 0 Å². The van der Waals surface area contributed by atoms with E-state index in [1.54, 1.807) is 10.9 Å². The van der Waals surface area contributed by atoms with Gasteiger partial charge in [-0.3, -0.25) is 4.57 Å². The molecule has 0 aliphatic rings. The molecule has 0 radical (unpaired) electrons. The van der Waals surface area contributed by atoms with E-state index in [2.05, 4.69) is 35.6 Å². The summed E-state index contributed by atoms with van der Waals surface area (Å²) in [6, 6.07) is 12.2. The molecule has 4 heteroatoms. The third-order valence-electron chi connectivity index (χ3n) is 3.25. The fourth-order valence-corrected chi connectivity index (χ4v) is 2.29. The van der Waals surface area contributed by atoms with E-state index in [1.807, 2.05) is 30.5 Å². The molecule has 0 saturated carbocycles. The van der Waals surface area contributed by atoms with Gasteiger partial charge < -0.3 is 0 Å². The molecular formula is C15H16N4. The number of imidazole rings is 1. The van der Waals surface area contributed by atoms with E-state index in [0.29, 0.717) is 0 Å². The number of hydrogen-bond donors (Lipinski definition) is 0. The van der Waals surface area contributed by atoms with Gasteiger partial charge in [0.05, 0.1) is 5.69 Å². The smallest absolute Gasteiger partial charge is 0.235 e. The molecule has 0 saturated heterocycles. The second kappa shape index (κ2) is 4.72. The first-order valence-corrected chi connectivity index (χ1v) is 6.45. The Balaban J connectivity index is 2.25. The Labute approximate surface area is 112 Å². The Bertz CT molecular complexity index is 666. The number of aromatic nitrogens is 4. The molecule has 0 fully saturated rings. The molecular weight excluding hydrogens is 236 g/mol. The van der Waals surface area contributed by atoms with Crippen LogP contribution >= 0.6 is 0 Å². The van der Waals surface area contributed by atoms with Crippen LogP contribution in [0.15, 0.2) is 48.8 Å². The van der Waals surface area contributed by atoms with Crippen molar-refractivity contribution >= 4 is 0 Å². The zero-order valence-electron chi connectivity index (χ0n) is 11.1. The molecule has 3 rings (SSSR count). The van der Waals surface area contributed by atoms with Crippen LogP contribution in [0, 0.1) is 6.92 Å². The third-order valence-corrected chi connectivity index (χ3v) is 3.25. The largest absolute Gasteiger partial charge is 0.281 e. The zero-order chi connectivity index (χ0) is 13.2. The maximum atomic E-state index is 4.71. The summed E-state index contributed by atoms with van der Waals surface area (Å²) in [5.41, 5.74) is 3.38. The summed E-state index contributed by atoms with van der Waals surface area (Å²) < 4.78 is 3.95. The van der Waals surface area contributed by atoms with Crippen molar-refractivity contribution < 1.29 is 0 Å². The highest BCUT2D eigenvalue weighted by molar-refractivity contribution is 5.41. The second-order valence-electron chi connectivity index (χ2n) is 4.42. The Morgan fingerprint density at radius 2 is 1.89 bits per heavy atom. The van der Waals surface area contributed by atoms with Crippen LogP contribution in [0.2, 0.25) is 0 Å². The maximum absolute atomic E-state index is 4.71. The molecule has 4 nitrogen and oxygen atoms in total. The molecule has 19 heavy (non-hydrogen) atoms. The molecule has 2 heterocycles. The van der Waals surface area contributed by atoms with Crippen molar-refractivity contribution in [3.8, 4) is 11.6 Å². The molecule has 3 aromatic rings. The van der Waals surface area contributed by atoms with Crippen molar-refractivity contribution in [2.75, 3.05) is 0 Å². The molecule has 2 aromatic heterocycles. The Kier molecular flexibility index (Phi) is 2.91. The number of para-hydroxylation sites is 1. The molecule has 0 aliphatic heterocycles. The van der Waals surface area contributed by atoms with Crippen molar-refractivity contribution in [2.24, 2.45) is 0 Å². The van der Waals surface area contributed by atoms with E-state index in [-0.39, 0.29) is 0 Å². The fraction of sp³-hybridized carbons (Fsp3) is 0.200.